The van der Waals surface area contributed by atoms with Crippen LogP contribution in [0.4, 0.5) is 5.82 Å². The van der Waals surface area contributed by atoms with Gasteiger partial charge in [-0.25, -0.2) is 13.4 Å². The van der Waals surface area contributed by atoms with Crippen molar-refractivity contribution in [1.82, 2.24) is 4.31 Å². The summed E-state index contributed by atoms with van der Waals surface area (Å²) in [7, 11) is -3.46. The molecule has 2 aromatic rings. The van der Waals surface area contributed by atoms with Crippen LogP contribution in [0.3, 0.4) is 0 Å². The third-order valence-corrected chi connectivity index (χ3v) is 7.32. The highest BCUT2D eigenvalue weighted by atomic mass is 32.2. The number of hydrogen-bond acceptors (Lipinski definition) is 4. The SMILES string of the molecule is O=S(=O)(c1ccc(N[C@H]2CC[NH+](Cc3ccccc3)C2)[nH+]c1)N1CCOCC1. The summed E-state index contributed by atoms with van der Waals surface area (Å²) >= 11 is 0. The van der Waals surface area contributed by atoms with Crippen molar-refractivity contribution in [3.8, 4) is 0 Å². The van der Waals surface area contributed by atoms with Crippen LogP contribution in [0.2, 0.25) is 0 Å². The molecule has 0 aliphatic carbocycles. The highest BCUT2D eigenvalue weighted by Crippen LogP contribution is 2.16. The molecule has 3 heterocycles. The van der Waals surface area contributed by atoms with E-state index in [9.17, 15) is 8.42 Å². The fraction of sp³-hybridized carbons (Fsp3) is 0.450. The summed E-state index contributed by atoms with van der Waals surface area (Å²) in [5, 5.41) is 3.51. The molecule has 28 heavy (non-hydrogen) atoms. The van der Waals surface area contributed by atoms with Crippen LogP contribution in [0.25, 0.3) is 0 Å². The van der Waals surface area contributed by atoms with Crippen LogP contribution < -0.4 is 15.2 Å². The standard InChI is InChI=1S/C20H26N4O3S/c25-28(26,24-10-12-27-13-11-24)19-6-7-20(21-14-19)22-18-8-9-23(16-18)15-17-4-2-1-3-5-17/h1-7,14,18H,8-13,15-16H2,(H,21,22)/p+2/t18-/m0/s1. The first kappa shape index (κ1) is 19.3. The molecule has 0 saturated carbocycles. The Morgan fingerprint density at radius 2 is 1.93 bits per heavy atom. The predicted molar refractivity (Wildman–Crippen MR) is 105 cm³/mol. The molecule has 8 heteroatoms. The highest BCUT2D eigenvalue weighted by Gasteiger charge is 2.30. The van der Waals surface area contributed by atoms with Crippen molar-refractivity contribution in [2.45, 2.75) is 23.9 Å². The van der Waals surface area contributed by atoms with Crippen LogP contribution in [0.15, 0.2) is 53.6 Å². The minimum atomic E-state index is -3.46. The molecule has 0 amide bonds. The third kappa shape index (κ3) is 4.52. The molecule has 0 radical (unpaired) electrons. The van der Waals surface area contributed by atoms with E-state index in [1.165, 1.54) is 9.87 Å². The van der Waals surface area contributed by atoms with Gasteiger partial charge in [-0.3, -0.25) is 5.32 Å². The summed E-state index contributed by atoms with van der Waals surface area (Å²) in [6, 6.07) is 14.5. The fourth-order valence-electron chi connectivity index (χ4n) is 3.92. The molecule has 4 rings (SSSR count). The largest absolute Gasteiger partial charge is 0.379 e. The molecule has 1 unspecified atom stereocenters. The van der Waals surface area contributed by atoms with Crippen molar-refractivity contribution in [3.05, 3.63) is 54.2 Å². The Kier molecular flexibility index (Phi) is 5.91. The molecule has 2 fully saturated rings. The fourth-order valence-corrected chi connectivity index (χ4v) is 5.29. The lowest BCUT2D eigenvalue weighted by molar-refractivity contribution is -0.901. The molecule has 1 aromatic carbocycles. The summed E-state index contributed by atoms with van der Waals surface area (Å²) in [4.78, 5) is 4.98. The number of quaternary nitrogens is 1. The van der Waals surface area contributed by atoms with Crippen molar-refractivity contribution in [2.24, 2.45) is 0 Å². The van der Waals surface area contributed by atoms with Crippen LogP contribution in [0.1, 0.15) is 12.0 Å². The van der Waals surface area contributed by atoms with Gasteiger partial charge in [0.25, 0.3) is 5.82 Å². The van der Waals surface area contributed by atoms with Crippen LogP contribution in [0.5, 0.6) is 0 Å². The van der Waals surface area contributed by atoms with Gasteiger partial charge in [0, 0.05) is 31.1 Å². The minimum absolute atomic E-state index is 0.294. The number of nitrogens with one attached hydrogen (secondary N) is 3. The second-order valence-corrected chi connectivity index (χ2v) is 9.39. The van der Waals surface area contributed by atoms with Gasteiger partial charge in [0.15, 0.2) is 0 Å². The molecule has 3 N–H and O–H groups in total. The minimum Gasteiger partial charge on any atom is -0.379 e. The van der Waals surface area contributed by atoms with Crippen molar-refractivity contribution in [1.29, 1.82) is 0 Å². The molecule has 0 spiro atoms. The van der Waals surface area contributed by atoms with Gasteiger partial charge in [-0.15, -0.1) is 0 Å². The Morgan fingerprint density at radius 1 is 1.14 bits per heavy atom. The van der Waals surface area contributed by atoms with E-state index in [1.54, 1.807) is 17.2 Å². The number of ether oxygens (including phenoxy) is 1. The number of nitrogens with zero attached hydrogens (tertiary/aromatic N) is 1. The zero-order chi connectivity index (χ0) is 19.4. The molecule has 7 nitrogen and oxygen atoms in total. The summed E-state index contributed by atoms with van der Waals surface area (Å²) in [5.74, 6) is 0.854. The number of rotatable bonds is 6. The van der Waals surface area contributed by atoms with Crippen LogP contribution in [-0.4, -0.2) is 58.2 Å². The summed E-state index contributed by atoms with van der Waals surface area (Å²) in [6.45, 7) is 4.94. The van der Waals surface area contributed by atoms with E-state index in [4.69, 9.17) is 4.74 Å². The number of H-pyrrole nitrogens is 1. The van der Waals surface area contributed by atoms with Gasteiger partial charge >= 0.3 is 0 Å². The van der Waals surface area contributed by atoms with Crippen LogP contribution in [-0.2, 0) is 21.3 Å². The molecule has 1 aromatic heterocycles. The monoisotopic (exact) mass is 404 g/mol. The summed E-state index contributed by atoms with van der Waals surface area (Å²) in [5.41, 5.74) is 1.36. The maximum atomic E-state index is 12.7. The highest BCUT2D eigenvalue weighted by molar-refractivity contribution is 7.89. The maximum absolute atomic E-state index is 12.7. The number of sulfonamides is 1. The normalized spacial score (nSPS) is 23.6. The Balaban J connectivity index is 1.33. The Bertz CT molecular complexity index is 868. The molecule has 2 atom stereocenters. The van der Waals surface area contributed by atoms with Gasteiger partial charge in [0.05, 0.1) is 19.8 Å². The quantitative estimate of drug-likeness (QED) is 0.699. The van der Waals surface area contributed by atoms with Crippen molar-refractivity contribution in [2.75, 3.05) is 44.7 Å². The summed E-state index contributed by atoms with van der Waals surface area (Å²) in [6.07, 6.45) is 2.68. The molecular weight excluding hydrogens is 376 g/mol. The van der Waals surface area contributed by atoms with Gasteiger partial charge in [-0.05, 0) is 6.07 Å². The topological polar surface area (TPSA) is 77.2 Å². The van der Waals surface area contributed by atoms with E-state index in [0.29, 0.717) is 37.2 Å². The zero-order valence-electron chi connectivity index (χ0n) is 15.9. The molecule has 2 aliphatic heterocycles. The average Bonchev–Trinajstić information content (AvgIpc) is 3.16. The van der Waals surface area contributed by atoms with E-state index in [-0.39, 0.29) is 0 Å². The first-order valence-corrected chi connectivity index (χ1v) is 11.3. The number of anilines is 1. The number of likely N-dealkylation sites (tertiary alicyclic amines) is 1. The smallest absolute Gasteiger partial charge is 0.272 e. The van der Waals surface area contributed by atoms with E-state index in [0.717, 1.165) is 31.9 Å². The van der Waals surface area contributed by atoms with Gasteiger partial charge in [-0.2, -0.15) is 4.31 Å². The zero-order valence-corrected chi connectivity index (χ0v) is 16.7. The second kappa shape index (κ2) is 8.57. The third-order valence-electron chi connectivity index (χ3n) is 5.43. The van der Waals surface area contributed by atoms with Gasteiger partial charge in [-0.1, -0.05) is 30.3 Å². The van der Waals surface area contributed by atoms with Gasteiger partial charge < -0.3 is 9.64 Å². The lowest BCUT2D eigenvalue weighted by atomic mass is 10.2. The first-order valence-electron chi connectivity index (χ1n) is 9.85. The van der Waals surface area contributed by atoms with Crippen molar-refractivity contribution < 1.29 is 23.0 Å². The van der Waals surface area contributed by atoms with E-state index in [2.05, 4.69) is 34.6 Å². The first-order chi connectivity index (χ1) is 13.6. The lowest BCUT2D eigenvalue weighted by Crippen LogP contribution is -3.09. The van der Waals surface area contributed by atoms with Gasteiger partial charge in [0.1, 0.15) is 30.2 Å². The number of morpholine rings is 1. The Morgan fingerprint density at radius 3 is 2.64 bits per heavy atom. The summed E-state index contributed by atoms with van der Waals surface area (Å²) < 4.78 is 32.1. The number of aromatic nitrogens is 1. The Hall–Kier alpha value is -2.00. The van der Waals surface area contributed by atoms with E-state index < -0.39 is 10.0 Å². The van der Waals surface area contributed by atoms with E-state index in [1.807, 2.05) is 12.1 Å². The second-order valence-electron chi connectivity index (χ2n) is 7.45. The molecule has 150 valence electrons. The molecular formula is C20H28N4O3S+2. The number of benzene rings is 1. The molecule has 2 saturated heterocycles. The van der Waals surface area contributed by atoms with Gasteiger partial charge in [0.2, 0.25) is 10.0 Å². The predicted octanol–water partition coefficient (Wildman–Crippen LogP) is -0.209. The van der Waals surface area contributed by atoms with Crippen molar-refractivity contribution >= 4 is 15.8 Å². The van der Waals surface area contributed by atoms with Crippen LogP contribution >= 0.6 is 0 Å². The number of pyridine rings is 1. The number of hydrogen-bond donors (Lipinski definition) is 2. The van der Waals surface area contributed by atoms with Crippen LogP contribution in [0, 0.1) is 0 Å². The maximum Gasteiger partial charge on any atom is 0.272 e. The van der Waals surface area contributed by atoms with E-state index >= 15 is 0 Å². The molecule has 0 bridgehead atoms. The van der Waals surface area contributed by atoms with Crippen molar-refractivity contribution in [3.63, 3.8) is 0 Å². The lowest BCUT2D eigenvalue weighted by Gasteiger charge is -2.25. The molecule has 2 aliphatic rings. The average molecular weight is 405 g/mol. The number of aromatic amines is 1. The Labute approximate surface area is 166 Å².